The zero-order chi connectivity index (χ0) is 22.2. The van der Waals surface area contributed by atoms with Crippen molar-refractivity contribution < 1.29 is 29.6 Å². The number of aliphatic hydroxyl groups excluding tert-OH is 4. The van der Waals surface area contributed by atoms with Crippen LogP contribution in [0.5, 0.6) is 0 Å². The van der Waals surface area contributed by atoms with E-state index in [0.29, 0.717) is 22.8 Å². The second kappa shape index (κ2) is 8.70. The molecule has 1 fully saturated rings. The topological polar surface area (TPSA) is 129 Å². The van der Waals surface area contributed by atoms with Gasteiger partial charge in [0.2, 0.25) is 0 Å². The van der Waals surface area contributed by atoms with E-state index < -0.39 is 37.1 Å². The molecule has 5 rings (SSSR count). The van der Waals surface area contributed by atoms with Crippen LogP contribution < -0.4 is 0 Å². The van der Waals surface area contributed by atoms with E-state index in [0.717, 1.165) is 21.3 Å². The van der Waals surface area contributed by atoms with Crippen LogP contribution in [0.3, 0.4) is 0 Å². The molecule has 4 N–H and O–H groups in total. The predicted octanol–water partition coefficient (Wildman–Crippen LogP) is 2.06. The Hall–Kier alpha value is -2.66. The van der Waals surface area contributed by atoms with E-state index in [4.69, 9.17) is 9.15 Å². The number of fused-ring (bicyclic) bond motifs is 1. The lowest BCUT2D eigenvalue weighted by Gasteiger charge is -2.40. The Morgan fingerprint density at radius 1 is 0.938 bits per heavy atom. The first-order valence-corrected chi connectivity index (χ1v) is 11.0. The summed E-state index contributed by atoms with van der Waals surface area (Å²) in [7, 11) is 0. The third-order valence-corrected chi connectivity index (χ3v) is 6.64. The normalized spacial score (nSPS) is 25.9. The molecule has 0 spiro atoms. The van der Waals surface area contributed by atoms with E-state index >= 15 is 0 Å². The first-order valence-electron chi connectivity index (χ1n) is 10.2. The Morgan fingerprint density at radius 2 is 1.78 bits per heavy atom. The highest BCUT2D eigenvalue weighted by atomic mass is 32.1. The standard InChI is InChI=1S/C23H22N2O6S/c26-11-17-19(27)20(28)21(29)22(31-17)15-9-12(8-13-4-1-2-5-14(13)15)10-18-24-25-23(32-18)16-6-3-7-30-16/h1-9,17,19-22,26-29H,10-11H2. The minimum absolute atomic E-state index is 0.473. The Bertz CT molecular complexity index is 1210. The number of benzene rings is 2. The van der Waals surface area contributed by atoms with Gasteiger partial charge in [0.15, 0.2) is 10.8 Å². The lowest BCUT2D eigenvalue weighted by Crippen LogP contribution is -2.55. The molecule has 2 aromatic heterocycles. The van der Waals surface area contributed by atoms with Crippen LogP contribution in [-0.2, 0) is 11.2 Å². The van der Waals surface area contributed by atoms with E-state index in [9.17, 15) is 20.4 Å². The zero-order valence-electron chi connectivity index (χ0n) is 16.9. The number of nitrogens with zero attached hydrogens (tertiary/aromatic N) is 2. The number of aliphatic hydroxyl groups is 4. The van der Waals surface area contributed by atoms with Gasteiger partial charge in [-0.1, -0.05) is 47.7 Å². The Kier molecular flexibility index (Phi) is 5.76. The highest BCUT2D eigenvalue weighted by Gasteiger charge is 2.44. The number of ether oxygens (including phenoxy) is 1. The van der Waals surface area contributed by atoms with Crippen LogP contribution in [0, 0.1) is 0 Å². The summed E-state index contributed by atoms with van der Waals surface area (Å²) in [4.78, 5) is 0. The van der Waals surface area contributed by atoms with Crippen molar-refractivity contribution in [2.75, 3.05) is 6.61 Å². The molecule has 9 heteroatoms. The van der Waals surface area contributed by atoms with E-state index in [1.807, 2.05) is 42.5 Å². The quantitative estimate of drug-likeness (QED) is 0.361. The molecular formula is C23H22N2O6S. The molecule has 3 heterocycles. The Morgan fingerprint density at radius 3 is 2.56 bits per heavy atom. The van der Waals surface area contributed by atoms with Crippen molar-refractivity contribution in [1.82, 2.24) is 10.2 Å². The third-order valence-electron chi connectivity index (χ3n) is 5.71. The molecule has 4 aromatic rings. The van der Waals surface area contributed by atoms with Crippen LogP contribution in [0.15, 0.2) is 59.2 Å². The summed E-state index contributed by atoms with van der Waals surface area (Å²) in [5.74, 6) is 0.661. The lowest BCUT2D eigenvalue weighted by atomic mass is 9.87. The largest absolute Gasteiger partial charge is 0.462 e. The second-order valence-corrected chi connectivity index (χ2v) is 8.87. The Labute approximate surface area is 187 Å². The average Bonchev–Trinajstić information content (AvgIpc) is 3.50. The maximum absolute atomic E-state index is 10.7. The summed E-state index contributed by atoms with van der Waals surface area (Å²) >= 11 is 1.43. The van der Waals surface area contributed by atoms with Gasteiger partial charge in [0.05, 0.1) is 12.9 Å². The number of hydrogen-bond acceptors (Lipinski definition) is 9. The fourth-order valence-corrected chi connectivity index (χ4v) is 4.94. The summed E-state index contributed by atoms with van der Waals surface area (Å²) in [6, 6.07) is 15.2. The van der Waals surface area contributed by atoms with Gasteiger partial charge in [-0.2, -0.15) is 0 Å². The first-order chi connectivity index (χ1) is 15.5. The SMILES string of the molecule is OCC1OC(c2cc(Cc3nnc(-c4ccco4)s3)cc3ccccc23)C(O)C(O)C1O. The van der Waals surface area contributed by atoms with E-state index in [2.05, 4.69) is 10.2 Å². The molecule has 0 amide bonds. The number of aromatic nitrogens is 2. The monoisotopic (exact) mass is 454 g/mol. The average molecular weight is 455 g/mol. The van der Waals surface area contributed by atoms with E-state index in [1.165, 1.54) is 11.3 Å². The lowest BCUT2D eigenvalue weighted by molar-refractivity contribution is -0.231. The zero-order valence-corrected chi connectivity index (χ0v) is 17.7. The maximum Gasteiger partial charge on any atom is 0.183 e. The van der Waals surface area contributed by atoms with Gasteiger partial charge >= 0.3 is 0 Å². The minimum Gasteiger partial charge on any atom is -0.462 e. The summed E-state index contributed by atoms with van der Waals surface area (Å²) in [6.07, 6.45) is -3.98. The number of furan rings is 1. The first kappa shape index (κ1) is 21.2. The van der Waals surface area contributed by atoms with Gasteiger partial charge in [-0.3, -0.25) is 0 Å². The molecule has 0 radical (unpaired) electrons. The minimum atomic E-state index is -1.44. The summed E-state index contributed by atoms with van der Waals surface area (Å²) < 4.78 is 11.2. The molecule has 5 unspecified atom stereocenters. The van der Waals surface area contributed by atoms with Gasteiger partial charge in [0, 0.05) is 6.42 Å². The van der Waals surface area contributed by atoms with E-state index in [1.54, 1.807) is 12.3 Å². The molecule has 0 aliphatic carbocycles. The van der Waals surface area contributed by atoms with Crippen molar-refractivity contribution in [2.45, 2.75) is 36.9 Å². The van der Waals surface area contributed by atoms with Crippen molar-refractivity contribution in [1.29, 1.82) is 0 Å². The molecular weight excluding hydrogens is 432 g/mol. The fraction of sp³-hybridized carbons (Fsp3) is 0.304. The highest BCUT2D eigenvalue weighted by molar-refractivity contribution is 7.14. The van der Waals surface area contributed by atoms with Gasteiger partial charge in [-0.25, -0.2) is 0 Å². The molecule has 32 heavy (non-hydrogen) atoms. The molecule has 0 saturated carbocycles. The van der Waals surface area contributed by atoms with Crippen LogP contribution in [0.2, 0.25) is 0 Å². The van der Waals surface area contributed by atoms with Crippen molar-refractivity contribution in [3.63, 3.8) is 0 Å². The van der Waals surface area contributed by atoms with Gasteiger partial charge < -0.3 is 29.6 Å². The molecule has 8 nitrogen and oxygen atoms in total. The number of hydrogen-bond donors (Lipinski definition) is 4. The van der Waals surface area contributed by atoms with Crippen LogP contribution in [0.1, 0.15) is 22.2 Å². The van der Waals surface area contributed by atoms with Crippen LogP contribution in [0.4, 0.5) is 0 Å². The van der Waals surface area contributed by atoms with Gasteiger partial charge in [-0.15, -0.1) is 10.2 Å². The third kappa shape index (κ3) is 3.83. The predicted molar refractivity (Wildman–Crippen MR) is 117 cm³/mol. The summed E-state index contributed by atoms with van der Waals surface area (Å²) in [5, 5.41) is 52.4. The van der Waals surface area contributed by atoms with Gasteiger partial charge in [-0.05, 0) is 34.0 Å². The molecule has 1 aliphatic rings. The van der Waals surface area contributed by atoms with Crippen LogP contribution >= 0.6 is 11.3 Å². The summed E-state index contributed by atoms with van der Waals surface area (Å²) in [5.41, 5.74) is 1.60. The van der Waals surface area contributed by atoms with Gasteiger partial charge in [0.1, 0.15) is 35.5 Å². The smallest absolute Gasteiger partial charge is 0.183 e. The van der Waals surface area contributed by atoms with E-state index in [-0.39, 0.29) is 0 Å². The molecule has 166 valence electrons. The van der Waals surface area contributed by atoms with Crippen LogP contribution in [0.25, 0.3) is 21.5 Å². The maximum atomic E-state index is 10.7. The number of rotatable bonds is 5. The molecule has 5 atom stereocenters. The van der Waals surface area contributed by atoms with Crippen molar-refractivity contribution in [3.8, 4) is 10.8 Å². The van der Waals surface area contributed by atoms with Crippen LogP contribution in [-0.4, -0.2) is 61.6 Å². The van der Waals surface area contributed by atoms with Crippen molar-refractivity contribution in [3.05, 3.63) is 70.9 Å². The fourth-order valence-electron chi connectivity index (χ4n) is 4.10. The molecule has 1 saturated heterocycles. The molecule has 0 bridgehead atoms. The highest BCUT2D eigenvalue weighted by Crippen LogP contribution is 2.37. The Balaban J connectivity index is 1.52. The molecule has 1 aliphatic heterocycles. The second-order valence-electron chi connectivity index (χ2n) is 7.81. The van der Waals surface area contributed by atoms with Crippen molar-refractivity contribution in [2.24, 2.45) is 0 Å². The molecule has 2 aromatic carbocycles. The summed E-state index contributed by atoms with van der Waals surface area (Å²) in [6.45, 7) is -0.473. The van der Waals surface area contributed by atoms with Gasteiger partial charge in [0.25, 0.3) is 0 Å². The van der Waals surface area contributed by atoms with Crippen molar-refractivity contribution >= 4 is 22.1 Å².